The number of amides is 2. The molecule has 1 atom stereocenters. The average Bonchev–Trinajstić information content (AvgIpc) is 3.45. The van der Waals surface area contributed by atoms with Gasteiger partial charge in [-0.2, -0.15) is 0 Å². The lowest BCUT2D eigenvalue weighted by Crippen LogP contribution is -2.45. The topological polar surface area (TPSA) is 121 Å². The van der Waals surface area contributed by atoms with Crippen LogP contribution >= 0.6 is 23.1 Å². The zero-order valence-corrected chi connectivity index (χ0v) is 20.7. The lowest BCUT2D eigenvalue weighted by Gasteiger charge is -2.25. The number of anilines is 1. The molecule has 2 aliphatic heterocycles. The number of benzene rings is 1. The van der Waals surface area contributed by atoms with Gasteiger partial charge in [-0.3, -0.25) is 24.7 Å². The quantitative estimate of drug-likeness (QED) is 0.202. The third-order valence-electron chi connectivity index (χ3n) is 5.96. The lowest BCUT2D eigenvalue weighted by molar-refractivity contribution is -0.463. The van der Waals surface area contributed by atoms with Gasteiger partial charge in [0.1, 0.15) is 6.04 Å². The van der Waals surface area contributed by atoms with E-state index in [9.17, 15) is 19.7 Å². The first-order valence-electron chi connectivity index (χ1n) is 11.4. The molecule has 0 aliphatic carbocycles. The minimum Gasteiger partial charge on any atom is -0.341 e. The second-order valence-electron chi connectivity index (χ2n) is 8.42. The Hall–Kier alpha value is -2.73. The van der Waals surface area contributed by atoms with Gasteiger partial charge in [-0.15, -0.1) is 11.3 Å². The number of amidine groups is 1. The zero-order chi connectivity index (χ0) is 24.1. The number of rotatable bonds is 7. The monoisotopic (exact) mass is 504 g/mol. The fourth-order valence-corrected chi connectivity index (χ4v) is 5.78. The molecular weight excluding hydrogens is 476 g/mol. The fourth-order valence-electron chi connectivity index (χ4n) is 4.25. The van der Waals surface area contributed by atoms with E-state index in [0.29, 0.717) is 18.7 Å². The van der Waals surface area contributed by atoms with Gasteiger partial charge < -0.3 is 15.1 Å². The van der Waals surface area contributed by atoms with Gasteiger partial charge in [-0.25, -0.2) is 4.98 Å². The number of thiazole rings is 1. The van der Waals surface area contributed by atoms with Crippen LogP contribution in [-0.2, 0) is 9.59 Å². The Kier molecular flexibility index (Phi) is 7.99. The van der Waals surface area contributed by atoms with E-state index in [4.69, 9.17) is 0 Å². The van der Waals surface area contributed by atoms with Crippen LogP contribution in [0.25, 0.3) is 10.2 Å². The summed E-state index contributed by atoms with van der Waals surface area (Å²) in [5.74, 6) is -0.151. The minimum atomic E-state index is -0.744. The first-order chi connectivity index (χ1) is 16.4. The third kappa shape index (κ3) is 6.03. The van der Waals surface area contributed by atoms with Gasteiger partial charge in [0, 0.05) is 30.2 Å². The lowest BCUT2D eigenvalue weighted by atomic mass is 10.1. The Morgan fingerprint density at radius 3 is 2.79 bits per heavy atom. The maximum Gasteiger partial charge on any atom is 0.260 e. The first-order valence-corrected chi connectivity index (χ1v) is 13.4. The van der Waals surface area contributed by atoms with E-state index < -0.39 is 17.5 Å². The zero-order valence-electron chi connectivity index (χ0n) is 19.1. The predicted molar refractivity (Wildman–Crippen MR) is 134 cm³/mol. The number of hydrogen-bond acceptors (Lipinski definition) is 8. The number of likely N-dealkylation sites (tertiary alicyclic amines) is 2. The normalized spacial score (nSPS) is 19.5. The summed E-state index contributed by atoms with van der Waals surface area (Å²) in [6, 6.07) is 4.81. The summed E-state index contributed by atoms with van der Waals surface area (Å²) in [6.45, 7) is 1.50. The molecule has 0 bridgehead atoms. The summed E-state index contributed by atoms with van der Waals surface area (Å²) in [4.78, 5) is 49.1. The molecule has 2 aliphatic rings. The Morgan fingerprint density at radius 1 is 1.29 bits per heavy atom. The standard InChI is InChI=1S/C22H28N6O4S2/c1-33-22-25-16-8-7-15(12-18(16)34-22)23-19(13-28(31)32)24-17-6-2-3-11-27(21(17)30)14-20(29)26-9-4-5-10-26/h7-8,12,17H,2-6,9-11,13-14H2,1H3,(H,23,24). The molecule has 34 heavy (non-hydrogen) atoms. The number of nitrogens with zero attached hydrogens (tertiary/aromatic N) is 5. The highest BCUT2D eigenvalue weighted by Crippen LogP contribution is 2.30. The largest absolute Gasteiger partial charge is 0.341 e. The Labute approximate surface area is 205 Å². The van der Waals surface area contributed by atoms with Gasteiger partial charge >= 0.3 is 0 Å². The van der Waals surface area contributed by atoms with Crippen LogP contribution in [0, 0.1) is 10.1 Å². The van der Waals surface area contributed by atoms with E-state index in [1.807, 2.05) is 18.4 Å². The fraction of sp³-hybridized carbons (Fsp3) is 0.545. The Morgan fingerprint density at radius 2 is 2.06 bits per heavy atom. The number of aromatic nitrogens is 1. The molecule has 1 N–H and O–H groups in total. The van der Waals surface area contributed by atoms with Crippen LogP contribution in [0.5, 0.6) is 0 Å². The molecule has 2 aromatic rings. The van der Waals surface area contributed by atoms with Crippen LogP contribution in [-0.4, -0.2) is 82.4 Å². The summed E-state index contributed by atoms with van der Waals surface area (Å²) >= 11 is 3.11. The molecule has 2 amide bonds. The van der Waals surface area contributed by atoms with Crippen LogP contribution in [0.15, 0.2) is 27.5 Å². The van der Waals surface area contributed by atoms with Crippen molar-refractivity contribution >= 4 is 56.7 Å². The number of carbonyl (C=O) groups is 2. The highest BCUT2D eigenvalue weighted by atomic mass is 32.2. The summed E-state index contributed by atoms with van der Waals surface area (Å²) < 4.78 is 1.91. The average molecular weight is 505 g/mol. The molecule has 10 nitrogen and oxygen atoms in total. The van der Waals surface area contributed by atoms with Crippen LogP contribution in [0.4, 0.5) is 5.69 Å². The van der Waals surface area contributed by atoms with Crippen LogP contribution in [0.1, 0.15) is 32.1 Å². The van der Waals surface area contributed by atoms with Crippen molar-refractivity contribution in [2.75, 3.05) is 44.3 Å². The number of carbonyl (C=O) groups excluding carboxylic acids is 2. The number of nitro groups is 1. The number of thioether (sulfide) groups is 1. The van der Waals surface area contributed by atoms with Crippen molar-refractivity contribution in [3.63, 3.8) is 0 Å². The second-order valence-corrected chi connectivity index (χ2v) is 10.5. The maximum atomic E-state index is 13.2. The van der Waals surface area contributed by atoms with E-state index >= 15 is 0 Å². The van der Waals surface area contributed by atoms with Crippen molar-refractivity contribution in [2.45, 2.75) is 42.5 Å². The summed E-state index contributed by atoms with van der Waals surface area (Å²) in [7, 11) is 0. The molecular formula is C22H28N6O4S2. The van der Waals surface area contributed by atoms with E-state index in [1.54, 1.807) is 39.0 Å². The van der Waals surface area contributed by atoms with Crippen molar-refractivity contribution in [2.24, 2.45) is 4.99 Å². The van der Waals surface area contributed by atoms with Gasteiger partial charge in [0.15, 0.2) is 10.2 Å². The van der Waals surface area contributed by atoms with Crippen LogP contribution < -0.4 is 5.32 Å². The molecule has 1 aromatic carbocycles. The molecule has 1 unspecified atom stereocenters. The van der Waals surface area contributed by atoms with Crippen molar-refractivity contribution < 1.29 is 14.5 Å². The highest BCUT2D eigenvalue weighted by Gasteiger charge is 2.30. The van der Waals surface area contributed by atoms with E-state index in [-0.39, 0.29) is 24.2 Å². The molecule has 1 aromatic heterocycles. The SMILES string of the molecule is CSc1nc2ccc(NC(C[N+](=O)[O-])=NC3CCCCN(CC(=O)N4CCCC4)C3=O)cc2s1. The molecule has 12 heteroatoms. The molecule has 4 rings (SSSR count). The van der Waals surface area contributed by atoms with Gasteiger partial charge in [0.05, 0.1) is 16.8 Å². The maximum absolute atomic E-state index is 13.2. The summed E-state index contributed by atoms with van der Waals surface area (Å²) in [5, 5.41) is 14.4. The molecule has 2 saturated heterocycles. The van der Waals surface area contributed by atoms with Gasteiger partial charge in [-0.05, 0) is 56.6 Å². The van der Waals surface area contributed by atoms with Gasteiger partial charge in [0.25, 0.3) is 6.54 Å². The predicted octanol–water partition coefficient (Wildman–Crippen LogP) is 3.11. The highest BCUT2D eigenvalue weighted by molar-refractivity contribution is 8.00. The second kappa shape index (κ2) is 11.1. The molecule has 3 heterocycles. The van der Waals surface area contributed by atoms with E-state index in [2.05, 4.69) is 15.3 Å². The minimum absolute atomic E-state index is 0.0402. The van der Waals surface area contributed by atoms with Crippen molar-refractivity contribution in [1.29, 1.82) is 0 Å². The number of aliphatic imine (C=N–C) groups is 1. The number of nitrogens with one attached hydrogen (secondary N) is 1. The molecule has 182 valence electrons. The molecule has 2 fully saturated rings. The van der Waals surface area contributed by atoms with Crippen molar-refractivity contribution in [3.05, 3.63) is 28.3 Å². The third-order valence-corrected chi connectivity index (χ3v) is 7.96. The summed E-state index contributed by atoms with van der Waals surface area (Å²) in [6.07, 6.45) is 6.00. The number of fused-ring (bicyclic) bond motifs is 1. The van der Waals surface area contributed by atoms with Crippen LogP contribution in [0.2, 0.25) is 0 Å². The van der Waals surface area contributed by atoms with Crippen molar-refractivity contribution in [1.82, 2.24) is 14.8 Å². The van der Waals surface area contributed by atoms with Gasteiger partial charge in [-0.1, -0.05) is 11.8 Å². The van der Waals surface area contributed by atoms with Crippen LogP contribution in [0.3, 0.4) is 0 Å². The van der Waals surface area contributed by atoms with E-state index in [1.165, 1.54) is 0 Å². The molecule has 0 spiro atoms. The summed E-state index contributed by atoms with van der Waals surface area (Å²) in [5.41, 5.74) is 1.52. The Bertz CT molecular complexity index is 1100. The number of hydrogen-bond donors (Lipinski definition) is 1. The molecule has 0 radical (unpaired) electrons. The van der Waals surface area contributed by atoms with E-state index in [0.717, 1.165) is 53.3 Å². The smallest absolute Gasteiger partial charge is 0.260 e. The van der Waals surface area contributed by atoms with Crippen molar-refractivity contribution in [3.8, 4) is 0 Å². The first kappa shape index (κ1) is 24.4. The molecule has 0 saturated carbocycles. The van der Waals surface area contributed by atoms with Gasteiger partial charge in [0.2, 0.25) is 11.8 Å². The Balaban J connectivity index is 1.52.